The van der Waals surface area contributed by atoms with Gasteiger partial charge in [-0.1, -0.05) is 45.0 Å². The van der Waals surface area contributed by atoms with Gasteiger partial charge in [0, 0.05) is 24.6 Å². The second-order valence-corrected chi connectivity index (χ2v) is 15.7. The molecule has 0 aliphatic carbocycles. The van der Waals surface area contributed by atoms with E-state index in [1.165, 1.54) is 6.21 Å². The zero-order chi connectivity index (χ0) is 24.9. The highest BCUT2D eigenvalue weighted by Crippen LogP contribution is 2.36. The molecule has 2 rings (SSSR count). The molecule has 182 valence electrons. The standard InChI is InChI=1S/C26H40N2O4Si/c1-25(2,3)32-24(29)28-22-16-12-11-14-20(22)21(17-18-27-30)23(28)15-10-9-13-19-31-33(7,8)26(4,5)6/h10-12,14-16,18,30H,9,13,17,19H2,1-8H3/b15-10-,27-18+. The van der Waals surface area contributed by atoms with Crippen molar-refractivity contribution in [1.29, 1.82) is 0 Å². The number of benzene rings is 1. The lowest BCUT2D eigenvalue weighted by molar-refractivity contribution is 0.0543. The lowest BCUT2D eigenvalue weighted by Crippen LogP contribution is -2.40. The van der Waals surface area contributed by atoms with E-state index >= 15 is 0 Å². The number of hydrogen-bond acceptors (Lipinski definition) is 5. The summed E-state index contributed by atoms with van der Waals surface area (Å²) in [7, 11) is -1.75. The van der Waals surface area contributed by atoms with Gasteiger partial charge in [0.15, 0.2) is 8.32 Å². The summed E-state index contributed by atoms with van der Waals surface area (Å²) in [5.74, 6) is 0. The molecule has 0 radical (unpaired) electrons. The maximum absolute atomic E-state index is 13.1. The Morgan fingerprint density at radius 2 is 1.82 bits per heavy atom. The second-order valence-electron chi connectivity index (χ2n) is 10.9. The molecule has 0 spiro atoms. The smallest absolute Gasteiger partial charge is 0.419 e. The maximum atomic E-state index is 13.1. The molecule has 0 saturated heterocycles. The summed E-state index contributed by atoms with van der Waals surface area (Å²) < 4.78 is 13.6. The third-order valence-corrected chi connectivity index (χ3v) is 10.6. The lowest BCUT2D eigenvalue weighted by atomic mass is 10.1. The zero-order valence-electron chi connectivity index (χ0n) is 21.4. The monoisotopic (exact) mass is 472 g/mol. The second kappa shape index (κ2) is 10.7. The molecule has 0 fully saturated rings. The van der Waals surface area contributed by atoms with Crippen LogP contribution in [0, 0.1) is 0 Å². The molecule has 2 aromatic rings. The van der Waals surface area contributed by atoms with Crippen molar-refractivity contribution in [3.05, 3.63) is 41.6 Å². The molecule has 0 amide bonds. The fourth-order valence-electron chi connectivity index (χ4n) is 3.29. The predicted molar refractivity (Wildman–Crippen MR) is 139 cm³/mol. The van der Waals surface area contributed by atoms with Gasteiger partial charge in [-0.2, -0.15) is 0 Å². The van der Waals surface area contributed by atoms with Crippen LogP contribution in [-0.4, -0.2) is 42.6 Å². The first-order valence-corrected chi connectivity index (χ1v) is 14.5. The zero-order valence-corrected chi connectivity index (χ0v) is 22.4. The van der Waals surface area contributed by atoms with Gasteiger partial charge in [0.25, 0.3) is 0 Å². The van der Waals surface area contributed by atoms with Gasteiger partial charge >= 0.3 is 6.09 Å². The number of aromatic nitrogens is 1. The summed E-state index contributed by atoms with van der Waals surface area (Å²) in [4.78, 5) is 13.1. The molecule has 1 heterocycles. The molecule has 1 aromatic heterocycles. The largest absolute Gasteiger partial charge is 0.443 e. The van der Waals surface area contributed by atoms with Crippen LogP contribution >= 0.6 is 0 Å². The molecule has 0 aliphatic heterocycles. The number of ether oxygens (including phenoxy) is 1. The third-order valence-electron chi connectivity index (χ3n) is 6.03. The van der Waals surface area contributed by atoms with Crippen LogP contribution in [0.5, 0.6) is 0 Å². The van der Waals surface area contributed by atoms with Crippen LogP contribution in [0.25, 0.3) is 17.0 Å². The topological polar surface area (TPSA) is 73.0 Å². The van der Waals surface area contributed by atoms with Crippen molar-refractivity contribution in [2.24, 2.45) is 5.16 Å². The number of para-hydroxylation sites is 1. The average molecular weight is 473 g/mol. The molecule has 0 saturated carbocycles. The summed E-state index contributed by atoms with van der Waals surface area (Å²) in [6.45, 7) is 17.5. The van der Waals surface area contributed by atoms with Crippen LogP contribution in [0.3, 0.4) is 0 Å². The molecule has 6 nitrogen and oxygen atoms in total. The van der Waals surface area contributed by atoms with Crippen LogP contribution in [0.4, 0.5) is 4.79 Å². The van der Waals surface area contributed by atoms with E-state index in [-0.39, 0.29) is 5.04 Å². The van der Waals surface area contributed by atoms with Gasteiger partial charge in [0.05, 0.1) is 11.2 Å². The van der Waals surface area contributed by atoms with E-state index < -0.39 is 20.0 Å². The molecule has 0 atom stereocenters. The quantitative estimate of drug-likeness (QED) is 0.144. The van der Waals surface area contributed by atoms with Crippen molar-refractivity contribution in [2.45, 2.75) is 84.5 Å². The van der Waals surface area contributed by atoms with Gasteiger partial charge in [0.2, 0.25) is 0 Å². The maximum Gasteiger partial charge on any atom is 0.419 e. The van der Waals surface area contributed by atoms with E-state index in [2.05, 4.69) is 45.1 Å². The van der Waals surface area contributed by atoms with Gasteiger partial charge in [-0.3, -0.25) is 0 Å². The Labute approximate surface area is 199 Å². The summed E-state index contributed by atoms with van der Waals surface area (Å²) in [5.41, 5.74) is 1.82. The van der Waals surface area contributed by atoms with E-state index in [1.807, 2.05) is 51.1 Å². The van der Waals surface area contributed by atoms with E-state index in [1.54, 1.807) is 4.57 Å². The molecule has 33 heavy (non-hydrogen) atoms. The number of nitrogens with zero attached hydrogens (tertiary/aromatic N) is 2. The SMILES string of the molecule is CC(C)(C)OC(=O)n1c(/C=C\CCCO[Si](C)(C)C(C)(C)C)c(C/C=N/O)c2ccccc21. The van der Waals surface area contributed by atoms with Crippen molar-refractivity contribution in [2.75, 3.05) is 6.61 Å². The fourth-order valence-corrected chi connectivity index (χ4v) is 4.38. The van der Waals surface area contributed by atoms with Crippen molar-refractivity contribution in [1.82, 2.24) is 4.57 Å². The first-order valence-electron chi connectivity index (χ1n) is 11.6. The molecule has 0 bridgehead atoms. The Morgan fingerprint density at radius 3 is 2.42 bits per heavy atom. The van der Waals surface area contributed by atoms with Crippen LogP contribution in [0.2, 0.25) is 18.1 Å². The van der Waals surface area contributed by atoms with Crippen molar-refractivity contribution in [3.63, 3.8) is 0 Å². The number of carbonyl (C=O) groups is 1. The minimum absolute atomic E-state index is 0.195. The highest BCUT2D eigenvalue weighted by Gasteiger charge is 2.36. The number of allylic oxidation sites excluding steroid dienone is 1. The number of carbonyl (C=O) groups excluding carboxylic acids is 1. The Bertz CT molecular complexity index is 1010. The number of rotatable bonds is 8. The number of unbranched alkanes of at least 4 members (excludes halogenated alkanes) is 1. The molecule has 1 N–H and O–H groups in total. The number of hydrogen-bond donors (Lipinski definition) is 1. The van der Waals surface area contributed by atoms with Crippen LogP contribution in [-0.2, 0) is 15.6 Å². The summed E-state index contributed by atoms with van der Waals surface area (Å²) in [6, 6.07) is 7.72. The van der Waals surface area contributed by atoms with E-state index in [0.717, 1.165) is 41.6 Å². The minimum Gasteiger partial charge on any atom is -0.443 e. The molecule has 0 unspecified atom stereocenters. The van der Waals surface area contributed by atoms with Crippen molar-refractivity contribution >= 4 is 37.6 Å². The Balaban J connectivity index is 2.31. The number of oxime groups is 1. The highest BCUT2D eigenvalue weighted by molar-refractivity contribution is 6.74. The van der Waals surface area contributed by atoms with Gasteiger partial charge in [-0.05, 0) is 69.5 Å². The van der Waals surface area contributed by atoms with Gasteiger partial charge in [0.1, 0.15) is 5.60 Å². The summed E-state index contributed by atoms with van der Waals surface area (Å²) in [5, 5.41) is 13.3. The van der Waals surface area contributed by atoms with Crippen LogP contribution in [0.1, 0.15) is 65.6 Å². The van der Waals surface area contributed by atoms with Gasteiger partial charge in [-0.25, -0.2) is 9.36 Å². The van der Waals surface area contributed by atoms with Gasteiger partial charge < -0.3 is 14.4 Å². The molecule has 1 aromatic carbocycles. The first-order chi connectivity index (χ1) is 15.3. The number of fused-ring (bicyclic) bond motifs is 1. The minimum atomic E-state index is -1.75. The van der Waals surface area contributed by atoms with Crippen LogP contribution in [0.15, 0.2) is 35.5 Å². The van der Waals surface area contributed by atoms with E-state index in [9.17, 15) is 4.79 Å². The van der Waals surface area contributed by atoms with E-state index in [4.69, 9.17) is 14.4 Å². The summed E-state index contributed by atoms with van der Waals surface area (Å²) in [6.07, 6.45) is 7.19. The normalized spacial score (nSPS) is 13.5. The predicted octanol–water partition coefficient (Wildman–Crippen LogP) is 7.24. The van der Waals surface area contributed by atoms with Crippen molar-refractivity contribution < 1.29 is 19.2 Å². The average Bonchev–Trinajstić information content (AvgIpc) is 3.00. The Morgan fingerprint density at radius 1 is 1.15 bits per heavy atom. The molecular weight excluding hydrogens is 432 g/mol. The third kappa shape index (κ3) is 7.05. The Hall–Kier alpha value is -2.38. The molecular formula is C26H40N2O4Si. The van der Waals surface area contributed by atoms with Gasteiger partial charge in [-0.15, -0.1) is 5.16 Å². The Kier molecular flexibility index (Phi) is 8.71. The van der Waals surface area contributed by atoms with Crippen LogP contribution < -0.4 is 0 Å². The van der Waals surface area contributed by atoms with E-state index in [0.29, 0.717) is 6.42 Å². The molecule has 7 heteroatoms. The lowest BCUT2D eigenvalue weighted by Gasteiger charge is -2.36. The highest BCUT2D eigenvalue weighted by atomic mass is 28.4. The molecule has 0 aliphatic rings. The van der Waals surface area contributed by atoms with Crippen molar-refractivity contribution in [3.8, 4) is 0 Å². The summed E-state index contributed by atoms with van der Waals surface area (Å²) >= 11 is 0. The first kappa shape index (κ1) is 26.9. The fraction of sp³-hybridized carbons (Fsp3) is 0.538.